The summed E-state index contributed by atoms with van der Waals surface area (Å²) in [5, 5.41) is 3.04. The van der Waals surface area contributed by atoms with Gasteiger partial charge in [-0.25, -0.2) is 0 Å². The van der Waals surface area contributed by atoms with E-state index in [2.05, 4.69) is 17.2 Å². The molecule has 0 aliphatic heterocycles. The first-order chi connectivity index (χ1) is 10.3. The van der Waals surface area contributed by atoms with Crippen molar-refractivity contribution in [3.8, 4) is 0 Å². The average Bonchev–Trinajstić information content (AvgIpc) is 2.54. The van der Waals surface area contributed by atoms with Gasteiger partial charge in [-0.05, 0) is 24.1 Å². The third kappa shape index (κ3) is 4.42. The van der Waals surface area contributed by atoms with E-state index in [-0.39, 0.29) is 11.8 Å². The summed E-state index contributed by atoms with van der Waals surface area (Å²) in [7, 11) is 0. The van der Waals surface area contributed by atoms with E-state index in [1.807, 2.05) is 48.5 Å². The number of benzene rings is 1. The molecule has 0 aliphatic carbocycles. The number of hydrogen-bond donors (Lipinski definition) is 1. The van der Waals surface area contributed by atoms with Gasteiger partial charge in [0.25, 0.3) is 0 Å². The molecule has 1 aromatic heterocycles. The minimum Gasteiger partial charge on any atom is -0.355 e. The summed E-state index contributed by atoms with van der Waals surface area (Å²) in [4.78, 5) is 16.9. The van der Waals surface area contributed by atoms with Gasteiger partial charge in [-0.2, -0.15) is 0 Å². The van der Waals surface area contributed by atoms with Crippen LogP contribution >= 0.6 is 0 Å². The standard InChI is InChI=1S/C18H22N2O/c1-2-3-8-14-20-18(21)17(15-10-5-4-6-11-15)16-12-7-9-13-19-16/h4-7,9-13,17H,2-3,8,14H2,1H3,(H,20,21). The van der Waals surface area contributed by atoms with Gasteiger partial charge in [-0.1, -0.05) is 56.2 Å². The summed E-state index contributed by atoms with van der Waals surface area (Å²) in [5.74, 6) is -0.315. The Bertz CT molecular complexity index is 500. The van der Waals surface area contributed by atoms with Gasteiger partial charge in [0, 0.05) is 12.7 Å². The summed E-state index contributed by atoms with van der Waals surface area (Å²) in [5.41, 5.74) is 1.76. The van der Waals surface area contributed by atoms with Crippen molar-refractivity contribution in [2.24, 2.45) is 0 Å². The Hall–Kier alpha value is -2.16. The molecule has 3 heteroatoms. The van der Waals surface area contributed by atoms with E-state index in [0.29, 0.717) is 0 Å². The Balaban J connectivity index is 2.15. The molecule has 1 N–H and O–H groups in total. The second-order valence-electron chi connectivity index (χ2n) is 5.10. The predicted octanol–water partition coefficient (Wildman–Crippen LogP) is 3.52. The Labute approximate surface area is 126 Å². The van der Waals surface area contributed by atoms with E-state index in [9.17, 15) is 4.79 Å². The number of carbonyl (C=O) groups excluding carboxylic acids is 1. The second-order valence-corrected chi connectivity index (χ2v) is 5.10. The molecule has 0 saturated heterocycles. The Morgan fingerprint density at radius 2 is 1.86 bits per heavy atom. The first kappa shape index (κ1) is 15.2. The van der Waals surface area contributed by atoms with Crippen molar-refractivity contribution in [1.82, 2.24) is 10.3 Å². The predicted molar refractivity (Wildman–Crippen MR) is 85.1 cm³/mol. The van der Waals surface area contributed by atoms with Crippen molar-refractivity contribution in [3.05, 3.63) is 66.0 Å². The molecule has 1 atom stereocenters. The van der Waals surface area contributed by atoms with Crippen LogP contribution in [0.2, 0.25) is 0 Å². The summed E-state index contributed by atoms with van der Waals surface area (Å²) in [6.07, 6.45) is 5.04. The zero-order valence-corrected chi connectivity index (χ0v) is 12.5. The third-order valence-electron chi connectivity index (χ3n) is 3.46. The minimum absolute atomic E-state index is 0.0241. The second kappa shape index (κ2) is 8.20. The van der Waals surface area contributed by atoms with Crippen molar-refractivity contribution in [3.63, 3.8) is 0 Å². The number of hydrogen-bond acceptors (Lipinski definition) is 2. The third-order valence-corrected chi connectivity index (χ3v) is 3.46. The van der Waals surface area contributed by atoms with E-state index < -0.39 is 0 Å². The van der Waals surface area contributed by atoms with Gasteiger partial charge in [-0.3, -0.25) is 9.78 Å². The molecule has 1 amide bonds. The molecule has 0 fully saturated rings. The fraction of sp³-hybridized carbons (Fsp3) is 0.333. The van der Waals surface area contributed by atoms with Gasteiger partial charge in [-0.15, -0.1) is 0 Å². The van der Waals surface area contributed by atoms with Crippen LogP contribution in [0.1, 0.15) is 43.4 Å². The molecular weight excluding hydrogens is 260 g/mol. The normalized spacial score (nSPS) is 11.9. The van der Waals surface area contributed by atoms with Crippen molar-refractivity contribution in [1.29, 1.82) is 0 Å². The fourth-order valence-corrected chi connectivity index (χ4v) is 2.34. The lowest BCUT2D eigenvalue weighted by Crippen LogP contribution is -2.31. The van der Waals surface area contributed by atoms with Gasteiger partial charge < -0.3 is 5.32 Å². The van der Waals surface area contributed by atoms with Crippen LogP contribution in [0.3, 0.4) is 0 Å². The van der Waals surface area contributed by atoms with Crippen LogP contribution in [0, 0.1) is 0 Å². The Kier molecular flexibility index (Phi) is 5.95. The van der Waals surface area contributed by atoms with Crippen molar-refractivity contribution >= 4 is 5.91 Å². The van der Waals surface area contributed by atoms with Crippen molar-refractivity contribution in [2.45, 2.75) is 32.1 Å². The average molecular weight is 282 g/mol. The Morgan fingerprint density at radius 1 is 1.10 bits per heavy atom. The largest absolute Gasteiger partial charge is 0.355 e. The number of nitrogens with one attached hydrogen (secondary N) is 1. The van der Waals surface area contributed by atoms with Crippen LogP contribution in [0.5, 0.6) is 0 Å². The van der Waals surface area contributed by atoms with Crippen LogP contribution in [0.25, 0.3) is 0 Å². The lowest BCUT2D eigenvalue weighted by atomic mass is 9.94. The summed E-state index contributed by atoms with van der Waals surface area (Å²) >= 11 is 0. The topological polar surface area (TPSA) is 42.0 Å². The molecule has 2 aromatic rings. The van der Waals surface area contributed by atoms with Gasteiger partial charge in [0.05, 0.1) is 5.69 Å². The quantitative estimate of drug-likeness (QED) is 0.789. The molecule has 0 bridgehead atoms. The maximum atomic E-state index is 12.6. The number of unbranched alkanes of at least 4 members (excludes halogenated alkanes) is 2. The highest BCUT2D eigenvalue weighted by Crippen LogP contribution is 2.22. The lowest BCUT2D eigenvalue weighted by molar-refractivity contribution is -0.121. The number of pyridine rings is 1. The monoisotopic (exact) mass is 282 g/mol. The number of amides is 1. The van der Waals surface area contributed by atoms with E-state index in [1.165, 1.54) is 0 Å². The van der Waals surface area contributed by atoms with Crippen molar-refractivity contribution < 1.29 is 4.79 Å². The summed E-state index contributed by atoms with van der Waals surface area (Å²) in [6.45, 7) is 2.88. The van der Waals surface area contributed by atoms with Crippen LogP contribution in [-0.4, -0.2) is 17.4 Å². The number of nitrogens with zero attached hydrogens (tertiary/aromatic N) is 1. The molecule has 110 valence electrons. The SMILES string of the molecule is CCCCCNC(=O)C(c1ccccc1)c1ccccn1. The highest BCUT2D eigenvalue weighted by molar-refractivity contribution is 5.86. The number of rotatable bonds is 7. The minimum atomic E-state index is -0.339. The zero-order valence-electron chi connectivity index (χ0n) is 12.5. The van der Waals surface area contributed by atoms with Crippen LogP contribution in [0.4, 0.5) is 0 Å². The number of carbonyl (C=O) groups is 1. The van der Waals surface area contributed by atoms with Crippen molar-refractivity contribution in [2.75, 3.05) is 6.54 Å². The highest BCUT2D eigenvalue weighted by Gasteiger charge is 2.23. The molecule has 1 heterocycles. The summed E-state index contributed by atoms with van der Waals surface area (Å²) < 4.78 is 0. The molecule has 1 unspecified atom stereocenters. The molecule has 0 saturated carbocycles. The first-order valence-electron chi connectivity index (χ1n) is 7.56. The maximum Gasteiger partial charge on any atom is 0.233 e. The molecule has 1 aromatic carbocycles. The van der Waals surface area contributed by atoms with E-state index in [1.54, 1.807) is 6.20 Å². The van der Waals surface area contributed by atoms with Crippen LogP contribution in [-0.2, 0) is 4.79 Å². The lowest BCUT2D eigenvalue weighted by Gasteiger charge is -2.16. The fourth-order valence-electron chi connectivity index (χ4n) is 2.34. The molecular formula is C18H22N2O. The Morgan fingerprint density at radius 3 is 2.52 bits per heavy atom. The van der Waals surface area contributed by atoms with Crippen LogP contribution in [0.15, 0.2) is 54.7 Å². The smallest absolute Gasteiger partial charge is 0.233 e. The molecule has 2 rings (SSSR count). The summed E-state index contributed by atoms with van der Waals surface area (Å²) in [6, 6.07) is 15.5. The molecule has 3 nitrogen and oxygen atoms in total. The molecule has 0 radical (unpaired) electrons. The van der Waals surface area contributed by atoms with Gasteiger partial charge in [0.2, 0.25) is 5.91 Å². The van der Waals surface area contributed by atoms with Gasteiger partial charge >= 0.3 is 0 Å². The number of aromatic nitrogens is 1. The van der Waals surface area contributed by atoms with Gasteiger partial charge in [0.1, 0.15) is 5.92 Å². The molecule has 21 heavy (non-hydrogen) atoms. The van der Waals surface area contributed by atoms with E-state index >= 15 is 0 Å². The van der Waals surface area contributed by atoms with Gasteiger partial charge in [0.15, 0.2) is 0 Å². The van der Waals surface area contributed by atoms with E-state index in [0.717, 1.165) is 37.1 Å². The maximum absolute atomic E-state index is 12.6. The first-order valence-corrected chi connectivity index (χ1v) is 7.56. The molecule has 0 spiro atoms. The van der Waals surface area contributed by atoms with E-state index in [4.69, 9.17) is 0 Å². The zero-order chi connectivity index (χ0) is 14.9. The highest BCUT2D eigenvalue weighted by atomic mass is 16.1. The van der Waals surface area contributed by atoms with Crippen LogP contribution < -0.4 is 5.32 Å². The molecule has 0 aliphatic rings.